The topological polar surface area (TPSA) is 148 Å². The molecule has 0 aliphatic carbocycles. The van der Waals surface area contributed by atoms with Gasteiger partial charge in [-0.3, -0.25) is 9.78 Å². The van der Waals surface area contributed by atoms with Crippen molar-refractivity contribution in [1.29, 1.82) is 0 Å². The Bertz CT molecular complexity index is 818. The highest BCUT2D eigenvalue weighted by Crippen LogP contribution is 2.49. The Hall–Kier alpha value is -1.74. The Balaban J connectivity index is 1.77. The third-order valence-electron chi connectivity index (χ3n) is 3.64. The Morgan fingerprint density at radius 2 is 2.39 bits per heavy atom. The molecule has 23 heavy (non-hydrogen) atoms. The van der Waals surface area contributed by atoms with Gasteiger partial charge in [-0.05, 0) is 19.8 Å². The van der Waals surface area contributed by atoms with Gasteiger partial charge in [0.2, 0.25) is 5.95 Å². The van der Waals surface area contributed by atoms with Crippen LogP contribution in [0, 0.1) is 0 Å². The van der Waals surface area contributed by atoms with E-state index in [1.807, 2.05) is 0 Å². The molecule has 2 aromatic rings. The van der Waals surface area contributed by atoms with Crippen molar-refractivity contribution in [2.45, 2.75) is 38.3 Å². The number of imidazole rings is 1. The quantitative estimate of drug-likeness (QED) is 0.709. The van der Waals surface area contributed by atoms with E-state index in [2.05, 4.69) is 15.0 Å². The lowest BCUT2D eigenvalue weighted by Gasteiger charge is -2.28. The van der Waals surface area contributed by atoms with E-state index in [1.165, 1.54) is 6.33 Å². The third-order valence-corrected chi connectivity index (χ3v) is 5.34. The Morgan fingerprint density at radius 3 is 3.13 bits per heavy atom. The molecule has 0 spiro atoms. The summed E-state index contributed by atoms with van der Waals surface area (Å²) in [5.41, 5.74) is 5.64. The molecule has 0 radical (unpaired) electrons. The second-order valence-corrected chi connectivity index (χ2v) is 7.18. The van der Waals surface area contributed by atoms with E-state index in [0.29, 0.717) is 25.0 Å². The molecule has 0 bridgehead atoms. The lowest BCUT2D eigenvalue weighted by molar-refractivity contribution is -0.209. The molecule has 3 rings (SSSR count). The van der Waals surface area contributed by atoms with Crippen molar-refractivity contribution in [3.63, 3.8) is 0 Å². The number of nitrogens with zero attached hydrogens (tertiary/aromatic N) is 3. The lowest BCUT2D eigenvalue weighted by atomic mass is 10.2. The van der Waals surface area contributed by atoms with Gasteiger partial charge in [-0.2, -0.15) is 4.98 Å². The molecule has 0 aromatic carbocycles. The summed E-state index contributed by atoms with van der Waals surface area (Å²) in [6, 6.07) is 0. The average molecular weight is 342 g/mol. The van der Waals surface area contributed by atoms with Crippen LogP contribution in [0.15, 0.2) is 11.1 Å². The van der Waals surface area contributed by atoms with Crippen LogP contribution in [0.5, 0.6) is 0 Å². The van der Waals surface area contributed by atoms with Gasteiger partial charge in [0, 0.05) is 0 Å². The molecule has 126 valence electrons. The molecular weight excluding hydrogens is 325 g/mol. The number of aromatic amines is 1. The predicted molar refractivity (Wildman–Crippen MR) is 79.7 cm³/mol. The molecule has 0 saturated carbocycles. The van der Waals surface area contributed by atoms with Crippen LogP contribution >= 0.6 is 7.60 Å². The van der Waals surface area contributed by atoms with E-state index in [-0.39, 0.29) is 24.2 Å². The van der Waals surface area contributed by atoms with Crippen LogP contribution in [0.1, 0.15) is 19.8 Å². The fourth-order valence-corrected chi connectivity index (χ4v) is 3.95. The van der Waals surface area contributed by atoms with Crippen LogP contribution in [0.4, 0.5) is 5.95 Å². The summed E-state index contributed by atoms with van der Waals surface area (Å²) >= 11 is 0. The van der Waals surface area contributed by atoms with Gasteiger partial charge in [0.25, 0.3) is 5.56 Å². The van der Waals surface area contributed by atoms with Crippen molar-refractivity contribution in [3.05, 3.63) is 16.7 Å². The van der Waals surface area contributed by atoms with Gasteiger partial charge in [-0.1, -0.05) is 0 Å². The molecule has 11 heteroatoms. The first-order chi connectivity index (χ1) is 10.9. The summed E-state index contributed by atoms with van der Waals surface area (Å²) in [5, 5.41) is 0. The molecule has 1 fully saturated rings. The molecule has 1 saturated heterocycles. The molecule has 3 atom stereocenters. The molecule has 2 aromatic heterocycles. The smallest absolute Gasteiger partial charge is 0.280 e. The summed E-state index contributed by atoms with van der Waals surface area (Å²) in [6.45, 7) is 2.03. The van der Waals surface area contributed by atoms with Gasteiger partial charge >= 0.3 is 0 Å². The number of fused-ring (bicyclic) bond motifs is 1. The van der Waals surface area contributed by atoms with Crippen LogP contribution in [-0.4, -0.2) is 38.1 Å². The van der Waals surface area contributed by atoms with Gasteiger partial charge in [0.1, 0.15) is 5.85 Å². The van der Waals surface area contributed by atoms with E-state index in [1.54, 1.807) is 11.5 Å². The summed E-state index contributed by atoms with van der Waals surface area (Å²) in [7, 11) is -4.02. The summed E-state index contributed by atoms with van der Waals surface area (Å²) in [5.74, 6) is -0.946. The molecular formula is C12H17N5O5P-. The minimum atomic E-state index is -4.02. The highest BCUT2D eigenvalue weighted by molar-refractivity contribution is 7.51. The number of nitrogen functional groups attached to an aromatic ring is 1. The van der Waals surface area contributed by atoms with E-state index in [0.717, 1.165) is 0 Å². The zero-order valence-corrected chi connectivity index (χ0v) is 13.4. The van der Waals surface area contributed by atoms with Gasteiger partial charge in [0.15, 0.2) is 18.8 Å². The maximum atomic E-state index is 11.9. The Kier molecular flexibility index (Phi) is 4.24. The van der Waals surface area contributed by atoms with Gasteiger partial charge in [-0.15, -0.1) is 0 Å². The number of hydrogen-bond acceptors (Lipinski definition) is 8. The number of ether oxygens (including phenoxy) is 1. The molecule has 3 N–H and O–H groups in total. The third kappa shape index (κ3) is 3.16. The molecule has 3 heterocycles. The van der Waals surface area contributed by atoms with Crippen LogP contribution in [0.2, 0.25) is 0 Å². The van der Waals surface area contributed by atoms with E-state index in [4.69, 9.17) is 15.0 Å². The Morgan fingerprint density at radius 1 is 1.61 bits per heavy atom. The number of nitrogens with one attached hydrogen (secondary N) is 1. The Labute approximate surface area is 131 Å². The standard InChI is InChI=1S/C12H18N5O5P/c1-2-21-23(19,20)8-4-3-7(22-8)5-17-6-14-9-10(17)15-12(13)16-11(9)18/h6-8H,2-5H2,1H3,(H,19,20)(H3,13,15,16,18)/p-1. The van der Waals surface area contributed by atoms with E-state index in [9.17, 15) is 14.3 Å². The molecule has 3 unspecified atom stereocenters. The molecule has 1 aliphatic heterocycles. The first-order valence-electron chi connectivity index (χ1n) is 7.22. The molecule has 0 amide bonds. The average Bonchev–Trinajstić information content (AvgIpc) is 3.08. The number of nitrogens with two attached hydrogens (primary N) is 1. The van der Waals surface area contributed by atoms with Crippen LogP contribution in [-0.2, 0) is 20.4 Å². The molecule has 1 aliphatic rings. The van der Waals surface area contributed by atoms with Crippen molar-refractivity contribution in [2.75, 3.05) is 12.3 Å². The number of anilines is 1. The SMILES string of the molecule is CCOP(=O)([O-])C1CCC(Cn2cnc3c(=O)[nH]c(N)nc32)O1. The maximum absolute atomic E-state index is 11.9. The largest absolute Gasteiger partial charge is 0.777 e. The summed E-state index contributed by atoms with van der Waals surface area (Å²) in [6.07, 6.45) is 2.06. The predicted octanol–water partition coefficient (Wildman–Crippen LogP) is -0.203. The number of rotatable bonds is 5. The zero-order valence-electron chi connectivity index (χ0n) is 12.5. The lowest BCUT2D eigenvalue weighted by Crippen LogP contribution is -2.22. The van der Waals surface area contributed by atoms with Crippen molar-refractivity contribution in [1.82, 2.24) is 19.5 Å². The first-order valence-corrected chi connectivity index (χ1v) is 8.83. The fourth-order valence-electron chi connectivity index (χ4n) is 2.64. The van der Waals surface area contributed by atoms with Crippen molar-refractivity contribution >= 4 is 24.7 Å². The second-order valence-electron chi connectivity index (χ2n) is 5.27. The number of hydrogen-bond donors (Lipinski definition) is 2. The monoisotopic (exact) mass is 342 g/mol. The van der Waals surface area contributed by atoms with Crippen molar-refractivity contribution in [3.8, 4) is 0 Å². The van der Waals surface area contributed by atoms with Gasteiger partial charge < -0.3 is 29.0 Å². The van der Waals surface area contributed by atoms with Gasteiger partial charge in [-0.25, -0.2) is 4.98 Å². The normalized spacial score (nSPS) is 24.1. The first kappa shape index (κ1) is 16.1. The van der Waals surface area contributed by atoms with Crippen LogP contribution < -0.4 is 16.2 Å². The summed E-state index contributed by atoms with van der Waals surface area (Å²) in [4.78, 5) is 34.0. The number of H-pyrrole nitrogens is 1. The maximum Gasteiger partial charge on any atom is 0.280 e. The molecule has 10 nitrogen and oxygen atoms in total. The van der Waals surface area contributed by atoms with Gasteiger partial charge in [0.05, 0.1) is 25.6 Å². The minimum absolute atomic E-state index is 0.00475. The van der Waals surface area contributed by atoms with Crippen LogP contribution in [0.3, 0.4) is 0 Å². The highest BCUT2D eigenvalue weighted by atomic mass is 31.2. The highest BCUT2D eigenvalue weighted by Gasteiger charge is 2.33. The summed E-state index contributed by atoms with van der Waals surface area (Å²) < 4.78 is 23.8. The van der Waals surface area contributed by atoms with Crippen LogP contribution in [0.25, 0.3) is 11.2 Å². The van der Waals surface area contributed by atoms with E-state index < -0.39 is 19.0 Å². The second kappa shape index (κ2) is 6.04. The minimum Gasteiger partial charge on any atom is -0.777 e. The zero-order chi connectivity index (χ0) is 16.6. The fraction of sp³-hybridized carbons (Fsp3) is 0.583. The van der Waals surface area contributed by atoms with Crippen molar-refractivity contribution in [2.24, 2.45) is 0 Å². The van der Waals surface area contributed by atoms with E-state index >= 15 is 0 Å². The number of aromatic nitrogens is 4. The van der Waals surface area contributed by atoms with Crippen molar-refractivity contribution < 1.29 is 18.7 Å².